The Balaban J connectivity index is 2.08. The van der Waals surface area contributed by atoms with Gasteiger partial charge in [-0.2, -0.15) is 0 Å². The molecule has 2 N–H and O–H groups in total. The molecule has 0 aliphatic heterocycles. The van der Waals surface area contributed by atoms with Crippen molar-refractivity contribution in [3.05, 3.63) is 48.2 Å². The molecule has 2 amide bonds. The van der Waals surface area contributed by atoms with Crippen molar-refractivity contribution >= 4 is 17.6 Å². The molecular formula is C15H18N2O2. The molecule has 4 nitrogen and oxygen atoms in total. The summed E-state index contributed by atoms with van der Waals surface area (Å²) >= 11 is 0. The number of anilines is 2. The number of nitrogens with one attached hydrogen (secondary N) is 2. The molecule has 1 heterocycles. The van der Waals surface area contributed by atoms with E-state index in [1.807, 2.05) is 24.3 Å². The van der Waals surface area contributed by atoms with Crippen molar-refractivity contribution in [2.45, 2.75) is 26.2 Å². The first-order chi connectivity index (χ1) is 9.20. The van der Waals surface area contributed by atoms with Gasteiger partial charge in [-0.1, -0.05) is 32.0 Å². The highest BCUT2D eigenvalue weighted by Gasteiger charge is 2.11. The molecule has 0 aliphatic rings. The Morgan fingerprint density at radius 2 is 2.00 bits per heavy atom. The zero-order valence-corrected chi connectivity index (χ0v) is 11.1. The Morgan fingerprint density at radius 3 is 2.68 bits per heavy atom. The highest BCUT2D eigenvalue weighted by atomic mass is 16.3. The number of carbonyl (C=O) groups excluding carboxylic acids is 1. The molecule has 100 valence electrons. The summed E-state index contributed by atoms with van der Waals surface area (Å²) in [6, 6.07) is 11.0. The quantitative estimate of drug-likeness (QED) is 0.851. The number of hydrogen-bond acceptors (Lipinski definition) is 2. The highest BCUT2D eigenvalue weighted by Crippen LogP contribution is 2.26. The summed E-state index contributed by atoms with van der Waals surface area (Å²) in [4.78, 5) is 11.9. The van der Waals surface area contributed by atoms with E-state index in [-0.39, 0.29) is 6.03 Å². The van der Waals surface area contributed by atoms with Gasteiger partial charge in [0, 0.05) is 11.8 Å². The molecule has 0 aliphatic carbocycles. The van der Waals surface area contributed by atoms with Crippen LogP contribution in [0.25, 0.3) is 0 Å². The van der Waals surface area contributed by atoms with Crippen molar-refractivity contribution in [1.29, 1.82) is 0 Å². The van der Waals surface area contributed by atoms with Crippen molar-refractivity contribution in [3.8, 4) is 0 Å². The third-order valence-electron chi connectivity index (χ3n) is 3.11. The normalized spacial score (nSPS) is 11.9. The van der Waals surface area contributed by atoms with Gasteiger partial charge in [0.05, 0.1) is 6.26 Å². The van der Waals surface area contributed by atoms with Gasteiger partial charge in [-0.05, 0) is 30.0 Å². The number of benzene rings is 1. The Bertz CT molecular complexity index is 535. The van der Waals surface area contributed by atoms with Crippen LogP contribution in [0.1, 0.15) is 31.7 Å². The lowest BCUT2D eigenvalue weighted by molar-refractivity contribution is 0.261. The fraction of sp³-hybridized carbons (Fsp3) is 0.267. The topological polar surface area (TPSA) is 54.3 Å². The van der Waals surface area contributed by atoms with E-state index >= 15 is 0 Å². The second kappa shape index (κ2) is 6.09. The van der Waals surface area contributed by atoms with E-state index in [2.05, 4.69) is 24.5 Å². The first-order valence-electron chi connectivity index (χ1n) is 6.41. The summed E-state index contributed by atoms with van der Waals surface area (Å²) in [6.45, 7) is 4.27. The number of para-hydroxylation sites is 1. The van der Waals surface area contributed by atoms with E-state index in [0.717, 1.165) is 17.7 Å². The number of furan rings is 1. The average Bonchev–Trinajstić information content (AvgIpc) is 2.91. The third kappa shape index (κ3) is 3.37. The van der Waals surface area contributed by atoms with E-state index in [1.54, 1.807) is 12.1 Å². The van der Waals surface area contributed by atoms with Crippen LogP contribution in [-0.2, 0) is 0 Å². The van der Waals surface area contributed by atoms with Gasteiger partial charge in [-0.15, -0.1) is 0 Å². The monoisotopic (exact) mass is 258 g/mol. The molecule has 0 radical (unpaired) electrons. The van der Waals surface area contributed by atoms with Gasteiger partial charge in [-0.25, -0.2) is 4.79 Å². The van der Waals surface area contributed by atoms with Crippen LogP contribution >= 0.6 is 0 Å². The predicted molar refractivity (Wildman–Crippen MR) is 76.5 cm³/mol. The van der Waals surface area contributed by atoms with Crippen LogP contribution in [0.4, 0.5) is 16.4 Å². The van der Waals surface area contributed by atoms with Gasteiger partial charge in [0.2, 0.25) is 5.88 Å². The maximum absolute atomic E-state index is 11.9. The zero-order chi connectivity index (χ0) is 13.7. The molecule has 0 fully saturated rings. The number of carbonyl (C=O) groups is 1. The van der Waals surface area contributed by atoms with Crippen LogP contribution in [-0.4, -0.2) is 6.03 Å². The number of amides is 2. The molecule has 0 bridgehead atoms. The SMILES string of the molecule is CCC(C)c1ccccc1NC(=O)Nc1ccco1. The summed E-state index contributed by atoms with van der Waals surface area (Å²) in [5, 5.41) is 5.49. The fourth-order valence-corrected chi connectivity index (χ4v) is 1.88. The minimum Gasteiger partial charge on any atom is -0.449 e. The van der Waals surface area contributed by atoms with Crippen molar-refractivity contribution in [3.63, 3.8) is 0 Å². The first-order valence-corrected chi connectivity index (χ1v) is 6.41. The van der Waals surface area contributed by atoms with Crippen LogP contribution in [0.15, 0.2) is 47.1 Å². The van der Waals surface area contributed by atoms with Crippen LogP contribution in [0.2, 0.25) is 0 Å². The summed E-state index contributed by atoms with van der Waals surface area (Å²) in [5.41, 5.74) is 1.97. The highest BCUT2D eigenvalue weighted by molar-refractivity contribution is 5.99. The molecular weight excluding hydrogens is 240 g/mol. The summed E-state index contributed by atoms with van der Waals surface area (Å²) in [6.07, 6.45) is 2.54. The summed E-state index contributed by atoms with van der Waals surface area (Å²) in [7, 11) is 0. The molecule has 0 spiro atoms. The molecule has 2 rings (SSSR count). The third-order valence-corrected chi connectivity index (χ3v) is 3.11. The van der Waals surface area contributed by atoms with Crippen LogP contribution in [0.5, 0.6) is 0 Å². The first kappa shape index (κ1) is 13.2. The van der Waals surface area contributed by atoms with E-state index in [4.69, 9.17) is 4.42 Å². The smallest absolute Gasteiger partial charge is 0.326 e. The van der Waals surface area contributed by atoms with Crippen LogP contribution in [0.3, 0.4) is 0 Å². The Kier molecular flexibility index (Phi) is 4.23. The Hall–Kier alpha value is -2.23. The van der Waals surface area contributed by atoms with Gasteiger partial charge in [-0.3, -0.25) is 5.32 Å². The maximum Gasteiger partial charge on any atom is 0.326 e. The van der Waals surface area contributed by atoms with Gasteiger partial charge in [0.15, 0.2) is 0 Å². The molecule has 4 heteroatoms. The fourth-order valence-electron chi connectivity index (χ4n) is 1.88. The number of urea groups is 1. The average molecular weight is 258 g/mol. The lowest BCUT2D eigenvalue weighted by Gasteiger charge is -2.15. The molecule has 1 aromatic heterocycles. The zero-order valence-electron chi connectivity index (χ0n) is 11.1. The minimum absolute atomic E-state index is 0.300. The van der Waals surface area contributed by atoms with Crippen molar-refractivity contribution in [1.82, 2.24) is 0 Å². The summed E-state index contributed by atoms with van der Waals surface area (Å²) in [5.74, 6) is 0.832. The van der Waals surface area contributed by atoms with E-state index in [1.165, 1.54) is 6.26 Å². The molecule has 1 aromatic carbocycles. The molecule has 1 unspecified atom stereocenters. The molecule has 19 heavy (non-hydrogen) atoms. The minimum atomic E-state index is -0.300. The van der Waals surface area contributed by atoms with Gasteiger partial charge in [0.1, 0.15) is 0 Å². The van der Waals surface area contributed by atoms with Gasteiger partial charge in [0.25, 0.3) is 0 Å². The van der Waals surface area contributed by atoms with Gasteiger partial charge < -0.3 is 9.73 Å². The molecule has 2 aromatic rings. The maximum atomic E-state index is 11.9. The van der Waals surface area contributed by atoms with E-state index < -0.39 is 0 Å². The van der Waals surface area contributed by atoms with Crippen LogP contribution < -0.4 is 10.6 Å². The van der Waals surface area contributed by atoms with Crippen molar-refractivity contribution in [2.75, 3.05) is 10.6 Å². The second-order valence-corrected chi connectivity index (χ2v) is 4.45. The van der Waals surface area contributed by atoms with E-state index in [9.17, 15) is 4.79 Å². The van der Waals surface area contributed by atoms with Gasteiger partial charge >= 0.3 is 6.03 Å². The Labute approximate surface area is 112 Å². The molecule has 0 saturated heterocycles. The van der Waals surface area contributed by atoms with Crippen LogP contribution in [0, 0.1) is 0 Å². The molecule has 1 atom stereocenters. The predicted octanol–water partition coefficient (Wildman–Crippen LogP) is 4.44. The van der Waals surface area contributed by atoms with Crippen molar-refractivity contribution in [2.24, 2.45) is 0 Å². The second-order valence-electron chi connectivity index (χ2n) is 4.45. The van der Waals surface area contributed by atoms with E-state index in [0.29, 0.717) is 11.8 Å². The standard InChI is InChI=1S/C15H18N2O2/c1-3-11(2)12-7-4-5-8-13(12)16-15(18)17-14-9-6-10-19-14/h4-11H,3H2,1-2H3,(H2,16,17,18). The molecule has 0 saturated carbocycles. The lowest BCUT2D eigenvalue weighted by atomic mass is 9.97. The largest absolute Gasteiger partial charge is 0.449 e. The summed E-state index contributed by atoms with van der Waals surface area (Å²) < 4.78 is 5.07. The number of hydrogen-bond donors (Lipinski definition) is 2. The Morgan fingerprint density at radius 1 is 1.21 bits per heavy atom. The lowest BCUT2D eigenvalue weighted by Crippen LogP contribution is -2.20. The number of rotatable bonds is 4. The van der Waals surface area contributed by atoms with Crippen molar-refractivity contribution < 1.29 is 9.21 Å².